The fourth-order valence-corrected chi connectivity index (χ4v) is 1.81. The Labute approximate surface area is 112 Å². The van der Waals surface area contributed by atoms with E-state index in [4.69, 9.17) is 4.55 Å². The number of nitrogens with zero attached hydrogens (tertiary/aromatic N) is 1. The number of aryl methyl sites for hydroxylation is 1. The van der Waals surface area contributed by atoms with Crippen molar-refractivity contribution in [3.63, 3.8) is 0 Å². The Morgan fingerprint density at radius 3 is 2.42 bits per heavy atom. The number of amides is 1. The molecule has 1 aromatic rings. The van der Waals surface area contributed by atoms with Gasteiger partial charge in [0.1, 0.15) is 0 Å². The molecule has 0 radical (unpaired) electrons. The van der Waals surface area contributed by atoms with E-state index < -0.39 is 10.4 Å². The summed E-state index contributed by atoms with van der Waals surface area (Å²) in [6.45, 7) is 2.11. The summed E-state index contributed by atoms with van der Waals surface area (Å²) < 4.78 is 33.2. The van der Waals surface area contributed by atoms with E-state index in [0.717, 1.165) is 5.56 Å². The molecule has 1 aromatic carbocycles. The molecule has 0 aliphatic rings. The van der Waals surface area contributed by atoms with Gasteiger partial charge in [-0.15, -0.1) is 0 Å². The summed E-state index contributed by atoms with van der Waals surface area (Å²) in [5, 5.41) is 0. The molecule has 0 bridgehead atoms. The first-order valence-corrected chi connectivity index (χ1v) is 7.10. The number of benzene rings is 1. The molecule has 0 aliphatic heterocycles. The highest BCUT2D eigenvalue weighted by atomic mass is 32.3. The van der Waals surface area contributed by atoms with Crippen molar-refractivity contribution >= 4 is 16.3 Å². The average molecular weight is 287 g/mol. The minimum atomic E-state index is -4.40. The fourth-order valence-electron chi connectivity index (χ4n) is 1.48. The first-order valence-electron chi connectivity index (χ1n) is 5.73. The van der Waals surface area contributed by atoms with Gasteiger partial charge in [-0.25, -0.2) is 4.18 Å². The standard InChI is InChI=1S/C12H17NO5S/c1-10-4-6-11(7-5-10)12(14)13(2)8-3-9-18-19(15,16)17/h4-7H,3,8-9H2,1-2H3,(H,15,16,17). The van der Waals surface area contributed by atoms with Crippen molar-refractivity contribution in [3.05, 3.63) is 35.4 Å². The van der Waals surface area contributed by atoms with E-state index in [-0.39, 0.29) is 12.5 Å². The topological polar surface area (TPSA) is 83.9 Å². The average Bonchev–Trinajstić information content (AvgIpc) is 2.33. The molecule has 7 heteroatoms. The van der Waals surface area contributed by atoms with Gasteiger partial charge >= 0.3 is 10.4 Å². The lowest BCUT2D eigenvalue weighted by atomic mass is 10.1. The van der Waals surface area contributed by atoms with Crippen LogP contribution in [0.5, 0.6) is 0 Å². The molecular weight excluding hydrogens is 270 g/mol. The second-order valence-corrected chi connectivity index (χ2v) is 5.29. The van der Waals surface area contributed by atoms with E-state index in [1.54, 1.807) is 19.2 Å². The zero-order chi connectivity index (χ0) is 14.5. The van der Waals surface area contributed by atoms with Gasteiger partial charge in [-0.2, -0.15) is 8.42 Å². The van der Waals surface area contributed by atoms with Crippen LogP contribution in [0.15, 0.2) is 24.3 Å². The molecule has 1 N–H and O–H groups in total. The van der Waals surface area contributed by atoms with E-state index in [2.05, 4.69) is 4.18 Å². The molecule has 0 saturated heterocycles. The molecule has 0 spiro atoms. The Balaban J connectivity index is 2.43. The van der Waals surface area contributed by atoms with Gasteiger partial charge in [0.2, 0.25) is 0 Å². The molecule has 106 valence electrons. The third kappa shape index (κ3) is 5.82. The minimum absolute atomic E-state index is 0.146. The van der Waals surface area contributed by atoms with Crippen LogP contribution >= 0.6 is 0 Å². The van der Waals surface area contributed by atoms with Crippen LogP contribution in [0.25, 0.3) is 0 Å². The molecule has 0 unspecified atom stereocenters. The number of carbonyl (C=O) groups excluding carboxylic acids is 1. The molecule has 0 aromatic heterocycles. The molecule has 0 atom stereocenters. The lowest BCUT2D eigenvalue weighted by Crippen LogP contribution is -2.28. The van der Waals surface area contributed by atoms with E-state index >= 15 is 0 Å². The maximum atomic E-state index is 12.0. The monoisotopic (exact) mass is 287 g/mol. The summed E-state index contributed by atoms with van der Waals surface area (Å²) in [4.78, 5) is 13.4. The van der Waals surface area contributed by atoms with Crippen LogP contribution in [0.4, 0.5) is 0 Å². The molecule has 1 rings (SSSR count). The Hall–Kier alpha value is -1.44. The van der Waals surface area contributed by atoms with Crippen LogP contribution in [-0.2, 0) is 14.6 Å². The van der Waals surface area contributed by atoms with Crippen LogP contribution in [0.2, 0.25) is 0 Å². The minimum Gasteiger partial charge on any atom is -0.342 e. The molecule has 0 fully saturated rings. The van der Waals surface area contributed by atoms with Crippen molar-refractivity contribution < 1.29 is 21.9 Å². The largest absolute Gasteiger partial charge is 0.397 e. The summed E-state index contributed by atoms with van der Waals surface area (Å²) in [7, 11) is -2.78. The number of hydrogen-bond donors (Lipinski definition) is 1. The van der Waals surface area contributed by atoms with E-state index in [1.807, 2.05) is 19.1 Å². The molecule has 6 nitrogen and oxygen atoms in total. The number of rotatable bonds is 6. The summed E-state index contributed by atoms with van der Waals surface area (Å²) in [5.41, 5.74) is 1.64. The van der Waals surface area contributed by atoms with E-state index in [1.165, 1.54) is 4.90 Å². The van der Waals surface area contributed by atoms with Gasteiger partial charge in [0.05, 0.1) is 6.61 Å². The van der Waals surface area contributed by atoms with Crippen LogP contribution in [0.3, 0.4) is 0 Å². The first-order chi connectivity index (χ1) is 8.79. The van der Waals surface area contributed by atoms with Crippen molar-refractivity contribution in [3.8, 4) is 0 Å². The van der Waals surface area contributed by atoms with Gasteiger partial charge < -0.3 is 4.90 Å². The van der Waals surface area contributed by atoms with Crippen LogP contribution in [0, 0.1) is 6.92 Å². The number of carbonyl (C=O) groups is 1. The van der Waals surface area contributed by atoms with Crippen molar-refractivity contribution in [1.82, 2.24) is 4.90 Å². The van der Waals surface area contributed by atoms with Gasteiger partial charge in [-0.05, 0) is 25.5 Å². The molecule has 0 saturated carbocycles. The second kappa shape index (κ2) is 6.65. The molecule has 19 heavy (non-hydrogen) atoms. The Bertz CT molecular complexity index is 524. The molecule has 0 heterocycles. The Kier molecular flexibility index (Phi) is 5.46. The van der Waals surface area contributed by atoms with Crippen LogP contribution in [0.1, 0.15) is 22.3 Å². The lowest BCUT2D eigenvalue weighted by molar-refractivity contribution is 0.0788. The fraction of sp³-hybridized carbons (Fsp3) is 0.417. The molecule has 1 amide bonds. The lowest BCUT2D eigenvalue weighted by Gasteiger charge is -2.16. The third-order valence-corrected chi connectivity index (χ3v) is 2.98. The smallest absolute Gasteiger partial charge is 0.342 e. The van der Waals surface area contributed by atoms with Gasteiger partial charge in [0.15, 0.2) is 0 Å². The van der Waals surface area contributed by atoms with E-state index in [0.29, 0.717) is 18.5 Å². The van der Waals surface area contributed by atoms with Crippen molar-refractivity contribution in [1.29, 1.82) is 0 Å². The SMILES string of the molecule is Cc1ccc(C(=O)N(C)CCCOS(=O)(=O)O)cc1. The van der Waals surface area contributed by atoms with Crippen molar-refractivity contribution in [2.24, 2.45) is 0 Å². The molecular formula is C12H17NO5S. The number of hydrogen-bond acceptors (Lipinski definition) is 4. The zero-order valence-electron chi connectivity index (χ0n) is 10.9. The van der Waals surface area contributed by atoms with Crippen LogP contribution in [-0.4, -0.2) is 44.0 Å². The summed E-state index contributed by atoms with van der Waals surface area (Å²) in [5.74, 6) is -0.146. The second-order valence-electron chi connectivity index (χ2n) is 4.20. The third-order valence-electron chi connectivity index (χ3n) is 2.52. The van der Waals surface area contributed by atoms with Gasteiger partial charge in [0, 0.05) is 19.2 Å². The van der Waals surface area contributed by atoms with E-state index in [9.17, 15) is 13.2 Å². The Morgan fingerprint density at radius 1 is 1.32 bits per heavy atom. The normalized spacial score (nSPS) is 11.3. The Morgan fingerprint density at radius 2 is 1.89 bits per heavy atom. The highest BCUT2D eigenvalue weighted by Crippen LogP contribution is 2.06. The van der Waals surface area contributed by atoms with Gasteiger partial charge in [-0.3, -0.25) is 9.35 Å². The zero-order valence-corrected chi connectivity index (χ0v) is 11.7. The maximum Gasteiger partial charge on any atom is 0.397 e. The maximum absolute atomic E-state index is 12.0. The van der Waals surface area contributed by atoms with Crippen LogP contribution < -0.4 is 0 Å². The summed E-state index contributed by atoms with van der Waals surface area (Å²) in [6, 6.07) is 7.18. The van der Waals surface area contributed by atoms with Crippen molar-refractivity contribution in [2.45, 2.75) is 13.3 Å². The highest BCUT2D eigenvalue weighted by molar-refractivity contribution is 7.80. The first kappa shape index (κ1) is 15.6. The predicted molar refractivity (Wildman–Crippen MR) is 70.3 cm³/mol. The summed E-state index contributed by atoms with van der Waals surface area (Å²) in [6.07, 6.45) is 0.313. The predicted octanol–water partition coefficient (Wildman–Crippen LogP) is 1.28. The quantitative estimate of drug-likeness (QED) is 0.629. The van der Waals surface area contributed by atoms with Gasteiger partial charge in [-0.1, -0.05) is 17.7 Å². The van der Waals surface area contributed by atoms with Crippen molar-refractivity contribution in [2.75, 3.05) is 20.2 Å². The highest BCUT2D eigenvalue weighted by Gasteiger charge is 2.11. The molecule has 0 aliphatic carbocycles. The van der Waals surface area contributed by atoms with Gasteiger partial charge in [0.25, 0.3) is 5.91 Å². The summed E-state index contributed by atoms with van der Waals surface area (Å²) >= 11 is 0.